The van der Waals surface area contributed by atoms with Gasteiger partial charge in [0.15, 0.2) is 0 Å². The molecule has 1 saturated heterocycles. The van der Waals surface area contributed by atoms with E-state index in [1.165, 1.54) is 11.0 Å². The van der Waals surface area contributed by atoms with Crippen LogP contribution in [-0.4, -0.2) is 54.6 Å². The number of ether oxygens (including phenoxy) is 1. The van der Waals surface area contributed by atoms with Crippen molar-refractivity contribution in [3.05, 3.63) is 24.0 Å². The van der Waals surface area contributed by atoms with Gasteiger partial charge in [-0.2, -0.15) is 0 Å². The molecule has 0 aromatic heterocycles. The lowest BCUT2D eigenvalue weighted by Gasteiger charge is -2.32. The molecule has 6 nitrogen and oxygen atoms in total. The highest BCUT2D eigenvalue weighted by molar-refractivity contribution is 6.62. The average molecular weight is 395 g/mol. The second-order valence-electron chi connectivity index (χ2n) is 8.24. The summed E-state index contributed by atoms with van der Waals surface area (Å²) in [6.45, 7) is 8.75. The summed E-state index contributed by atoms with van der Waals surface area (Å²) < 4.78 is 31.9. The molecule has 1 aliphatic rings. The predicted octanol–water partition coefficient (Wildman–Crippen LogP) is 3.67. The van der Waals surface area contributed by atoms with E-state index in [1.807, 2.05) is 27.7 Å². The number of hydrogen-bond acceptors (Lipinski definition) is 4. The van der Waals surface area contributed by atoms with Gasteiger partial charge in [0.05, 0.1) is 17.8 Å². The summed E-state index contributed by atoms with van der Waals surface area (Å²) in [7, 11) is 0.829. The summed E-state index contributed by atoms with van der Waals surface area (Å²) >= 11 is 0. The molecule has 1 N–H and O–H groups in total. The summed E-state index contributed by atoms with van der Waals surface area (Å²) in [5.41, 5.74) is -0.662. The van der Waals surface area contributed by atoms with Crippen LogP contribution in [-0.2, 0) is 9.31 Å². The number of hydrogen-bond donors (Lipinski definition) is 1. The molecule has 1 heterocycles. The largest absolute Gasteiger partial charge is 0.497 e. The van der Waals surface area contributed by atoms with Crippen molar-refractivity contribution in [2.24, 2.45) is 0 Å². The highest BCUT2D eigenvalue weighted by atomic mass is 19.1. The summed E-state index contributed by atoms with van der Waals surface area (Å²) in [6, 6.07) is 4.74. The van der Waals surface area contributed by atoms with Crippen LogP contribution < -0.4 is 10.2 Å². The number of halogens is 1. The molecule has 1 aromatic carbocycles. The van der Waals surface area contributed by atoms with Crippen LogP contribution in [0.1, 0.15) is 53.4 Å². The van der Waals surface area contributed by atoms with Crippen LogP contribution in [0.4, 0.5) is 9.18 Å². The SMILES string of the molecule is CN(CCCCCCOc1ccc(B2OC(C)(C)C(C)(C)O2)c(F)c1)C(=O)O. The number of carboxylic acid groups (broad SMARTS) is 1. The van der Waals surface area contributed by atoms with Crippen LogP contribution >= 0.6 is 0 Å². The zero-order valence-electron chi connectivity index (χ0n) is 17.5. The number of unbranched alkanes of at least 4 members (excludes halogenated alkanes) is 3. The van der Waals surface area contributed by atoms with Gasteiger partial charge in [0.2, 0.25) is 0 Å². The number of carbonyl (C=O) groups is 1. The standard InChI is InChI=1S/C20H31BFNO5/c1-19(2)20(3,4)28-21(27-19)16-11-10-15(14-17(16)22)26-13-9-7-6-8-12-23(5)18(24)25/h10-11,14H,6-9,12-13H2,1-5H3,(H,24,25). The Morgan fingerprint density at radius 3 is 2.32 bits per heavy atom. The molecule has 0 unspecified atom stereocenters. The molecule has 2 rings (SSSR count). The fourth-order valence-corrected chi connectivity index (χ4v) is 2.85. The van der Waals surface area contributed by atoms with Crippen molar-refractivity contribution in [3.63, 3.8) is 0 Å². The van der Waals surface area contributed by atoms with Crippen molar-refractivity contribution in [3.8, 4) is 5.75 Å². The number of nitrogens with zero attached hydrogens (tertiary/aromatic N) is 1. The minimum Gasteiger partial charge on any atom is -0.493 e. The molecule has 1 aromatic rings. The first-order chi connectivity index (χ1) is 13.0. The van der Waals surface area contributed by atoms with Gasteiger partial charge in [0.1, 0.15) is 11.6 Å². The smallest absolute Gasteiger partial charge is 0.493 e. The molecule has 0 spiro atoms. The molecular weight excluding hydrogens is 364 g/mol. The van der Waals surface area contributed by atoms with E-state index in [9.17, 15) is 9.18 Å². The maximum atomic E-state index is 14.5. The van der Waals surface area contributed by atoms with Crippen molar-refractivity contribution in [1.82, 2.24) is 4.90 Å². The maximum absolute atomic E-state index is 14.5. The van der Waals surface area contributed by atoms with Gasteiger partial charge in [0.25, 0.3) is 0 Å². The molecule has 1 amide bonds. The molecule has 1 fully saturated rings. The summed E-state index contributed by atoms with van der Waals surface area (Å²) in [4.78, 5) is 12.0. The third kappa shape index (κ3) is 5.61. The highest BCUT2D eigenvalue weighted by Crippen LogP contribution is 2.36. The molecule has 0 saturated carbocycles. The van der Waals surface area contributed by atoms with Crippen molar-refractivity contribution in [2.45, 2.75) is 64.6 Å². The van der Waals surface area contributed by atoms with E-state index in [2.05, 4.69) is 0 Å². The Balaban J connectivity index is 1.75. The molecule has 0 radical (unpaired) electrons. The maximum Gasteiger partial charge on any atom is 0.497 e. The molecule has 1 aliphatic heterocycles. The van der Waals surface area contributed by atoms with Gasteiger partial charge in [-0.25, -0.2) is 9.18 Å². The highest BCUT2D eigenvalue weighted by Gasteiger charge is 2.52. The third-order valence-corrected chi connectivity index (χ3v) is 5.46. The van der Waals surface area contributed by atoms with Crippen molar-refractivity contribution in [1.29, 1.82) is 0 Å². The van der Waals surface area contributed by atoms with Gasteiger partial charge in [-0.1, -0.05) is 18.9 Å². The third-order valence-electron chi connectivity index (χ3n) is 5.46. The Kier molecular flexibility index (Phi) is 7.34. The quantitative estimate of drug-likeness (QED) is 0.511. The fraction of sp³-hybridized carbons (Fsp3) is 0.650. The summed E-state index contributed by atoms with van der Waals surface area (Å²) in [6.07, 6.45) is 2.60. The van der Waals surface area contributed by atoms with Crippen LogP contribution in [0.25, 0.3) is 0 Å². The van der Waals surface area contributed by atoms with Gasteiger partial charge in [0, 0.05) is 25.1 Å². The van der Waals surface area contributed by atoms with E-state index in [0.29, 0.717) is 24.4 Å². The fourth-order valence-electron chi connectivity index (χ4n) is 2.85. The van der Waals surface area contributed by atoms with E-state index in [-0.39, 0.29) is 0 Å². The zero-order chi connectivity index (χ0) is 20.9. The van der Waals surface area contributed by atoms with Gasteiger partial charge < -0.3 is 24.1 Å². The van der Waals surface area contributed by atoms with Crippen molar-refractivity contribution >= 4 is 18.7 Å². The first kappa shape index (κ1) is 22.5. The number of benzene rings is 1. The molecular formula is C20H31BFNO5. The molecule has 0 bridgehead atoms. The predicted molar refractivity (Wildman–Crippen MR) is 107 cm³/mol. The Labute approximate surface area is 167 Å². The first-order valence-corrected chi connectivity index (χ1v) is 9.75. The van der Waals surface area contributed by atoms with Crippen molar-refractivity contribution in [2.75, 3.05) is 20.2 Å². The molecule has 156 valence electrons. The van der Waals surface area contributed by atoms with E-state index in [4.69, 9.17) is 19.2 Å². The zero-order valence-corrected chi connectivity index (χ0v) is 17.5. The Morgan fingerprint density at radius 2 is 1.75 bits per heavy atom. The monoisotopic (exact) mass is 395 g/mol. The van der Waals surface area contributed by atoms with Crippen LogP contribution in [0.2, 0.25) is 0 Å². The Morgan fingerprint density at radius 1 is 1.14 bits per heavy atom. The normalized spacial score (nSPS) is 17.6. The summed E-state index contributed by atoms with van der Waals surface area (Å²) in [5, 5.41) is 8.77. The van der Waals surface area contributed by atoms with Gasteiger partial charge in [-0.3, -0.25) is 0 Å². The van der Waals surface area contributed by atoms with E-state index in [1.54, 1.807) is 19.2 Å². The van der Waals surface area contributed by atoms with E-state index < -0.39 is 30.2 Å². The minimum atomic E-state index is -0.908. The van der Waals surface area contributed by atoms with Crippen LogP contribution in [0.3, 0.4) is 0 Å². The molecule has 0 aliphatic carbocycles. The second-order valence-corrected chi connectivity index (χ2v) is 8.24. The van der Waals surface area contributed by atoms with Crippen LogP contribution in [0, 0.1) is 5.82 Å². The molecule has 8 heteroatoms. The summed E-state index contributed by atoms with van der Waals surface area (Å²) in [5.74, 6) is 0.0658. The number of amides is 1. The number of rotatable bonds is 9. The van der Waals surface area contributed by atoms with E-state index in [0.717, 1.165) is 25.7 Å². The lowest BCUT2D eigenvalue weighted by molar-refractivity contribution is 0.00578. The first-order valence-electron chi connectivity index (χ1n) is 9.75. The second kappa shape index (κ2) is 9.14. The van der Waals surface area contributed by atoms with Gasteiger partial charge in [-0.05, 0) is 46.6 Å². The molecule has 0 atom stereocenters. The lowest BCUT2D eigenvalue weighted by Crippen LogP contribution is -2.41. The van der Waals surface area contributed by atoms with Crippen LogP contribution in [0.5, 0.6) is 5.75 Å². The minimum absolute atomic E-state index is 0.369. The lowest BCUT2D eigenvalue weighted by atomic mass is 9.78. The van der Waals surface area contributed by atoms with Gasteiger partial charge in [-0.15, -0.1) is 0 Å². The van der Waals surface area contributed by atoms with Crippen LogP contribution in [0.15, 0.2) is 18.2 Å². The average Bonchev–Trinajstić information content (AvgIpc) is 2.81. The molecule has 28 heavy (non-hydrogen) atoms. The van der Waals surface area contributed by atoms with Crippen molar-refractivity contribution < 1.29 is 28.3 Å². The Bertz CT molecular complexity index is 667. The van der Waals surface area contributed by atoms with Gasteiger partial charge >= 0.3 is 13.2 Å². The van der Waals surface area contributed by atoms with E-state index >= 15 is 0 Å². The topological polar surface area (TPSA) is 68.2 Å². The Hall–Kier alpha value is -1.80.